The molecule has 0 saturated heterocycles. The summed E-state index contributed by atoms with van der Waals surface area (Å²) < 4.78 is 120. The number of hydrogen-bond donors (Lipinski definition) is 0. The molecule has 0 nitrogen and oxygen atoms in total. The van der Waals surface area contributed by atoms with Crippen molar-refractivity contribution in [3.05, 3.63) is 91.7 Å². The fraction of sp³-hybridized carbons (Fsp3) is 0.355. The Labute approximate surface area is 287 Å². The van der Waals surface area contributed by atoms with Gasteiger partial charge in [0.2, 0.25) is 0 Å². The molecule has 2 aliphatic carbocycles. The molecule has 3 aromatic rings. The molecule has 3 heterocycles. The number of alkyl halides is 9. The second-order valence-electron chi connectivity index (χ2n) is 11.8. The van der Waals surface area contributed by atoms with E-state index in [9.17, 15) is 39.5 Å². The molecule has 14 heteroatoms. The first-order valence-electron chi connectivity index (χ1n) is 13.3. The molecular weight excluding hydrogens is 766 g/mol. The minimum absolute atomic E-state index is 0. The predicted molar refractivity (Wildman–Crippen MR) is 150 cm³/mol. The van der Waals surface area contributed by atoms with Crippen molar-refractivity contribution in [2.75, 3.05) is 0 Å². The van der Waals surface area contributed by atoms with E-state index in [0.717, 1.165) is 34.4 Å². The van der Waals surface area contributed by atoms with Gasteiger partial charge in [0.1, 0.15) is 0 Å². The zero-order valence-corrected chi connectivity index (χ0v) is 30.2. The van der Waals surface area contributed by atoms with E-state index in [-0.39, 0.29) is 46.1 Å². The molecule has 4 aliphatic rings. The Balaban J connectivity index is 0.000000306. The number of hydrogen-bond acceptors (Lipinski definition) is 1. The van der Waals surface area contributed by atoms with E-state index in [1.54, 1.807) is 33.3 Å². The first-order valence-corrected chi connectivity index (χ1v) is 18.6. The second kappa shape index (κ2) is 12.3. The molecule has 45 heavy (non-hydrogen) atoms. The van der Waals surface area contributed by atoms with Crippen LogP contribution in [0, 0.1) is 6.92 Å². The van der Waals surface area contributed by atoms with Gasteiger partial charge in [-0.05, 0) is 25.5 Å². The van der Waals surface area contributed by atoms with Gasteiger partial charge in [0.25, 0.3) is 0 Å². The number of rotatable bonds is 2. The van der Waals surface area contributed by atoms with E-state index in [0.29, 0.717) is 5.56 Å². The van der Waals surface area contributed by atoms with Crippen LogP contribution >= 0.6 is 11.3 Å². The van der Waals surface area contributed by atoms with E-state index in [4.69, 9.17) is 0 Å². The van der Waals surface area contributed by atoms with Gasteiger partial charge in [0.05, 0.1) is 8.07 Å². The standard InChI is InChI=1S/C20H12F9.C11H14SSi.2ClH.Zr/c1-11-9-13-3-2-4-15(16(13)10-11)12-5-7-14(8-6-12)17(18(21,22)23,19(24,25)26)20(27,28)29;1-6-5-8-9(12-6)11-7(2)10(8)13(11,3)4;;;/h2-10H,1H3;5,11H,1-4H3;2*1H;/q;;;;+2/p-2. The van der Waals surface area contributed by atoms with Crippen LogP contribution in [0.5, 0.6) is 0 Å². The van der Waals surface area contributed by atoms with Crippen LogP contribution in [0.15, 0.2) is 59.7 Å². The van der Waals surface area contributed by atoms with Gasteiger partial charge in [0.15, 0.2) is 0 Å². The Kier molecular flexibility index (Phi) is 10.4. The number of fused-ring (bicyclic) bond motifs is 1. The Bertz CT molecular complexity index is 1630. The molecule has 0 saturated carbocycles. The van der Waals surface area contributed by atoms with Crippen LogP contribution in [0.4, 0.5) is 39.5 Å². The summed E-state index contributed by atoms with van der Waals surface area (Å²) in [6.45, 7) is 11.5. The molecule has 0 fully saturated rings. The zero-order valence-electron chi connectivity index (χ0n) is 24.4. The van der Waals surface area contributed by atoms with Gasteiger partial charge < -0.3 is 24.8 Å². The van der Waals surface area contributed by atoms with Gasteiger partial charge in [-0.2, -0.15) is 0 Å². The van der Waals surface area contributed by atoms with Crippen molar-refractivity contribution in [3.8, 4) is 11.1 Å². The summed E-state index contributed by atoms with van der Waals surface area (Å²) in [7, 11) is -0.995. The quantitative estimate of drug-likeness (QED) is 0.253. The van der Waals surface area contributed by atoms with Gasteiger partial charge in [-0.1, -0.05) is 23.9 Å². The third-order valence-corrected chi connectivity index (χ3v) is 16.1. The van der Waals surface area contributed by atoms with Crippen LogP contribution in [0.25, 0.3) is 22.4 Å². The number of allylic oxidation sites excluding steroid dienone is 2. The van der Waals surface area contributed by atoms with Gasteiger partial charge in [-0.15, -0.1) is 11.3 Å². The predicted octanol–water partition coefficient (Wildman–Crippen LogP) is 5.02. The van der Waals surface area contributed by atoms with E-state index in [1.165, 1.54) is 29.6 Å². The second-order valence-corrected chi connectivity index (χ2v) is 19.0. The minimum Gasteiger partial charge on any atom is -1.00 e. The van der Waals surface area contributed by atoms with E-state index in [1.807, 2.05) is 30.4 Å². The van der Waals surface area contributed by atoms with Crippen molar-refractivity contribution >= 4 is 30.7 Å². The van der Waals surface area contributed by atoms with Crippen LogP contribution in [0.2, 0.25) is 13.1 Å². The normalized spacial score (nSPS) is 19.8. The average molecular weight is 792 g/mol. The van der Waals surface area contributed by atoms with E-state index >= 15 is 0 Å². The topological polar surface area (TPSA) is 0 Å². The van der Waals surface area contributed by atoms with Crippen LogP contribution in [-0.2, 0) is 30.1 Å². The maximum atomic E-state index is 13.3. The van der Waals surface area contributed by atoms with Crippen molar-refractivity contribution in [3.63, 3.8) is 0 Å². The fourth-order valence-corrected chi connectivity index (χ4v) is 14.2. The number of thiophene rings is 1. The van der Waals surface area contributed by atoms with Crippen LogP contribution in [0.3, 0.4) is 0 Å². The summed E-state index contributed by atoms with van der Waals surface area (Å²) in [4.78, 5) is 3.19. The van der Waals surface area contributed by atoms with Gasteiger partial charge in [0, 0.05) is 15.3 Å². The number of halogens is 11. The maximum Gasteiger partial charge on any atom is -1.00 e. The molecule has 2 bridgehead atoms. The zero-order chi connectivity index (χ0) is 32.1. The Hall–Kier alpha value is -1.33. The molecule has 1 aromatic heterocycles. The fourth-order valence-electron chi connectivity index (χ4n) is 6.96. The molecular formula is C31H26Cl2F9SSiZr. The molecule has 7 rings (SSSR count). The summed E-state index contributed by atoms with van der Waals surface area (Å²) in [5.41, 5.74) is -0.158. The molecule has 2 unspecified atom stereocenters. The average Bonchev–Trinajstić information content (AvgIpc) is 3.50. The molecule has 2 atom stereocenters. The first-order chi connectivity index (χ1) is 19.7. The van der Waals surface area contributed by atoms with E-state index < -0.39 is 37.6 Å². The third-order valence-electron chi connectivity index (χ3n) is 8.79. The van der Waals surface area contributed by atoms with Crippen molar-refractivity contribution < 1.29 is 89.0 Å². The largest absolute Gasteiger partial charge is 1.00 e. The summed E-state index contributed by atoms with van der Waals surface area (Å²) in [5, 5.41) is 1.77. The molecule has 0 N–H and O–H groups in total. The molecule has 241 valence electrons. The molecule has 0 spiro atoms. The summed E-state index contributed by atoms with van der Waals surface area (Å²) in [6.07, 6.45) is -18.0. The Morgan fingerprint density at radius 1 is 0.756 bits per heavy atom. The SMILES string of the molecule is CC1=C2c3cc(C)sc3C1[Si]2(C)C.CC1=Cc2c(-c3ccc(C(C(F)(F)F)(C(F)(F)F)C(F)(F)F)cc3)cccc2[CH]1[Zr+2].[Cl-].[Cl-]. The first kappa shape index (κ1) is 38.1. The van der Waals surface area contributed by atoms with Crippen molar-refractivity contribution in [1.29, 1.82) is 0 Å². The smallest absolute Gasteiger partial charge is 1.00 e. The Morgan fingerprint density at radius 2 is 1.29 bits per heavy atom. The Morgan fingerprint density at radius 3 is 1.76 bits per heavy atom. The minimum atomic E-state index is -6.63. The van der Waals surface area contributed by atoms with Crippen LogP contribution < -0.4 is 24.8 Å². The third kappa shape index (κ3) is 5.66. The molecule has 0 radical (unpaired) electrons. The maximum absolute atomic E-state index is 13.3. The summed E-state index contributed by atoms with van der Waals surface area (Å²) in [6, 6.07) is 9.81. The van der Waals surface area contributed by atoms with Gasteiger partial charge in [-0.3, -0.25) is 0 Å². The number of benzene rings is 2. The molecule has 2 aromatic carbocycles. The summed E-state index contributed by atoms with van der Waals surface area (Å²) in [5.74, 6) is 0. The van der Waals surface area contributed by atoms with Crippen molar-refractivity contribution in [2.45, 2.75) is 67.0 Å². The van der Waals surface area contributed by atoms with Crippen molar-refractivity contribution in [2.24, 2.45) is 0 Å². The number of aryl methyl sites for hydroxylation is 1. The molecule has 2 aliphatic heterocycles. The summed E-state index contributed by atoms with van der Waals surface area (Å²) >= 11 is 3.23. The van der Waals surface area contributed by atoms with Crippen molar-refractivity contribution in [1.82, 2.24) is 0 Å². The van der Waals surface area contributed by atoms with Crippen LogP contribution in [0.1, 0.15) is 55.0 Å². The van der Waals surface area contributed by atoms with E-state index in [2.05, 4.69) is 33.0 Å². The molecule has 0 amide bonds. The van der Waals surface area contributed by atoms with Crippen LogP contribution in [-0.4, -0.2) is 26.6 Å². The van der Waals surface area contributed by atoms with Gasteiger partial charge >= 0.3 is 181 Å². The van der Waals surface area contributed by atoms with Gasteiger partial charge in [-0.25, -0.2) is 0 Å². The monoisotopic (exact) mass is 789 g/mol.